The molecule has 2 aromatic carbocycles. The molecule has 0 aromatic heterocycles. The molecule has 0 spiro atoms. The van der Waals surface area contributed by atoms with Gasteiger partial charge in [-0.15, -0.1) is 0 Å². The van der Waals surface area contributed by atoms with Gasteiger partial charge >= 0.3 is 0 Å². The molecule has 0 aliphatic rings. The van der Waals surface area contributed by atoms with Crippen LogP contribution in [0.25, 0.3) is 0 Å². The lowest BCUT2D eigenvalue weighted by atomic mass is 10.2. The SMILES string of the molecule is CCOc1ccc(NCC#Cc2ccccc2)cc1. The molecule has 96 valence electrons. The van der Waals surface area contributed by atoms with E-state index >= 15 is 0 Å². The van der Waals surface area contributed by atoms with Crippen LogP contribution >= 0.6 is 0 Å². The Morgan fingerprint density at radius 2 is 1.74 bits per heavy atom. The summed E-state index contributed by atoms with van der Waals surface area (Å²) >= 11 is 0. The van der Waals surface area contributed by atoms with Crippen LogP contribution in [0.2, 0.25) is 0 Å². The summed E-state index contributed by atoms with van der Waals surface area (Å²) in [6.07, 6.45) is 0. The average Bonchev–Trinajstić information content (AvgIpc) is 2.47. The maximum absolute atomic E-state index is 5.39. The zero-order valence-electron chi connectivity index (χ0n) is 11.0. The van der Waals surface area contributed by atoms with E-state index in [1.165, 1.54) is 0 Å². The summed E-state index contributed by atoms with van der Waals surface area (Å²) in [5.41, 5.74) is 2.09. The first kappa shape index (κ1) is 13.0. The molecule has 1 N–H and O–H groups in total. The summed E-state index contributed by atoms with van der Waals surface area (Å²) in [5, 5.41) is 3.26. The highest BCUT2D eigenvalue weighted by Gasteiger charge is 1.92. The number of benzene rings is 2. The summed E-state index contributed by atoms with van der Waals surface area (Å²) in [7, 11) is 0. The van der Waals surface area contributed by atoms with Crippen LogP contribution in [0.3, 0.4) is 0 Å². The van der Waals surface area contributed by atoms with E-state index < -0.39 is 0 Å². The molecule has 2 rings (SSSR count). The lowest BCUT2D eigenvalue weighted by Gasteiger charge is -2.05. The third-order valence-electron chi connectivity index (χ3n) is 2.55. The number of rotatable bonds is 4. The Morgan fingerprint density at radius 1 is 1.00 bits per heavy atom. The van der Waals surface area contributed by atoms with E-state index in [4.69, 9.17) is 4.74 Å². The van der Waals surface area contributed by atoms with Crippen LogP contribution in [0.15, 0.2) is 54.6 Å². The summed E-state index contributed by atoms with van der Waals surface area (Å²) in [4.78, 5) is 0. The molecule has 0 heterocycles. The van der Waals surface area contributed by atoms with E-state index in [1.807, 2.05) is 61.5 Å². The van der Waals surface area contributed by atoms with Gasteiger partial charge < -0.3 is 10.1 Å². The number of nitrogens with one attached hydrogen (secondary N) is 1. The summed E-state index contributed by atoms with van der Waals surface area (Å²) in [6, 6.07) is 17.9. The molecule has 0 saturated carbocycles. The van der Waals surface area contributed by atoms with Crippen LogP contribution in [0.4, 0.5) is 5.69 Å². The molecule has 0 fully saturated rings. The van der Waals surface area contributed by atoms with E-state index in [1.54, 1.807) is 0 Å². The highest BCUT2D eigenvalue weighted by atomic mass is 16.5. The Labute approximate surface area is 114 Å². The highest BCUT2D eigenvalue weighted by Crippen LogP contribution is 2.15. The predicted molar refractivity (Wildman–Crippen MR) is 79.4 cm³/mol. The van der Waals surface area contributed by atoms with E-state index in [2.05, 4.69) is 17.2 Å². The lowest BCUT2D eigenvalue weighted by molar-refractivity contribution is 0.340. The average molecular weight is 251 g/mol. The first-order valence-electron chi connectivity index (χ1n) is 6.39. The Balaban J connectivity index is 1.84. The van der Waals surface area contributed by atoms with Crippen molar-refractivity contribution in [3.63, 3.8) is 0 Å². The summed E-state index contributed by atoms with van der Waals surface area (Å²) in [5.74, 6) is 7.10. The number of ether oxygens (including phenoxy) is 1. The van der Waals surface area contributed by atoms with Crippen molar-refractivity contribution in [3.8, 4) is 17.6 Å². The van der Waals surface area contributed by atoms with Crippen molar-refractivity contribution in [2.45, 2.75) is 6.92 Å². The van der Waals surface area contributed by atoms with Crippen molar-refractivity contribution in [1.82, 2.24) is 0 Å². The Hall–Kier alpha value is -2.40. The molecular weight excluding hydrogens is 234 g/mol. The van der Waals surface area contributed by atoms with Gasteiger partial charge in [0.2, 0.25) is 0 Å². The number of anilines is 1. The lowest BCUT2D eigenvalue weighted by Crippen LogP contribution is -1.98. The second-order valence-electron chi connectivity index (χ2n) is 3.98. The zero-order chi connectivity index (χ0) is 13.3. The van der Waals surface area contributed by atoms with Crippen molar-refractivity contribution < 1.29 is 4.74 Å². The van der Waals surface area contributed by atoms with Crippen LogP contribution in [-0.2, 0) is 0 Å². The first-order chi connectivity index (χ1) is 9.38. The van der Waals surface area contributed by atoms with E-state index in [0.29, 0.717) is 13.2 Å². The molecule has 0 radical (unpaired) electrons. The Kier molecular flexibility index (Phi) is 4.89. The van der Waals surface area contributed by atoms with E-state index in [-0.39, 0.29) is 0 Å². The van der Waals surface area contributed by atoms with Gasteiger partial charge in [-0.05, 0) is 43.3 Å². The second kappa shape index (κ2) is 7.13. The smallest absolute Gasteiger partial charge is 0.119 e. The molecule has 2 heteroatoms. The van der Waals surface area contributed by atoms with Gasteiger partial charge in [0.05, 0.1) is 13.2 Å². The molecule has 0 aliphatic carbocycles. The predicted octanol–water partition coefficient (Wildman–Crippen LogP) is 3.55. The quantitative estimate of drug-likeness (QED) is 0.839. The van der Waals surface area contributed by atoms with Crippen LogP contribution in [0.5, 0.6) is 5.75 Å². The van der Waals surface area contributed by atoms with Crippen molar-refractivity contribution in [3.05, 3.63) is 60.2 Å². The molecule has 0 atom stereocenters. The third kappa shape index (κ3) is 4.40. The fourth-order valence-corrected chi connectivity index (χ4v) is 1.65. The normalized spacial score (nSPS) is 9.32. The fraction of sp³-hybridized carbons (Fsp3) is 0.176. The van der Waals surface area contributed by atoms with Crippen LogP contribution in [0, 0.1) is 11.8 Å². The monoisotopic (exact) mass is 251 g/mol. The molecule has 0 bridgehead atoms. The van der Waals surface area contributed by atoms with Crippen LogP contribution in [-0.4, -0.2) is 13.2 Å². The highest BCUT2D eigenvalue weighted by molar-refractivity contribution is 5.47. The maximum Gasteiger partial charge on any atom is 0.119 e. The van der Waals surface area contributed by atoms with E-state index in [9.17, 15) is 0 Å². The standard InChI is InChI=1S/C17H17NO/c1-2-19-17-12-10-16(11-13-17)18-14-6-9-15-7-4-3-5-8-15/h3-5,7-8,10-13,18H,2,14H2,1H3. The van der Waals surface area contributed by atoms with Crippen molar-refractivity contribution in [2.24, 2.45) is 0 Å². The van der Waals surface area contributed by atoms with Gasteiger partial charge in [-0.25, -0.2) is 0 Å². The van der Waals surface area contributed by atoms with Gasteiger partial charge in [0.25, 0.3) is 0 Å². The maximum atomic E-state index is 5.39. The number of hydrogen-bond acceptors (Lipinski definition) is 2. The van der Waals surface area contributed by atoms with Gasteiger partial charge in [0, 0.05) is 11.3 Å². The first-order valence-corrected chi connectivity index (χ1v) is 6.39. The van der Waals surface area contributed by atoms with Crippen molar-refractivity contribution >= 4 is 5.69 Å². The van der Waals surface area contributed by atoms with Gasteiger partial charge in [-0.1, -0.05) is 30.0 Å². The Morgan fingerprint density at radius 3 is 2.42 bits per heavy atom. The molecule has 0 saturated heterocycles. The molecule has 0 amide bonds. The summed E-state index contributed by atoms with van der Waals surface area (Å²) in [6.45, 7) is 3.30. The molecule has 0 unspecified atom stereocenters. The largest absolute Gasteiger partial charge is 0.494 e. The Bertz CT molecular complexity index is 549. The number of hydrogen-bond donors (Lipinski definition) is 1. The fourth-order valence-electron chi connectivity index (χ4n) is 1.65. The summed E-state index contributed by atoms with van der Waals surface area (Å²) < 4.78 is 5.39. The molecular formula is C17H17NO. The molecule has 0 aliphatic heterocycles. The van der Waals surface area contributed by atoms with Gasteiger partial charge in [-0.2, -0.15) is 0 Å². The van der Waals surface area contributed by atoms with Crippen molar-refractivity contribution in [1.29, 1.82) is 0 Å². The molecule has 19 heavy (non-hydrogen) atoms. The minimum atomic E-state index is 0.628. The van der Waals surface area contributed by atoms with Crippen LogP contribution < -0.4 is 10.1 Å². The minimum absolute atomic E-state index is 0.628. The second-order valence-corrected chi connectivity index (χ2v) is 3.98. The van der Waals surface area contributed by atoms with Crippen molar-refractivity contribution in [2.75, 3.05) is 18.5 Å². The molecule has 2 aromatic rings. The van der Waals surface area contributed by atoms with Gasteiger partial charge in [0.15, 0.2) is 0 Å². The topological polar surface area (TPSA) is 21.3 Å². The van der Waals surface area contributed by atoms with Gasteiger partial charge in [-0.3, -0.25) is 0 Å². The van der Waals surface area contributed by atoms with Crippen LogP contribution in [0.1, 0.15) is 12.5 Å². The molecule has 2 nitrogen and oxygen atoms in total. The zero-order valence-corrected chi connectivity index (χ0v) is 11.0. The third-order valence-corrected chi connectivity index (χ3v) is 2.55. The minimum Gasteiger partial charge on any atom is -0.494 e. The van der Waals surface area contributed by atoms with E-state index in [0.717, 1.165) is 17.0 Å². The van der Waals surface area contributed by atoms with Gasteiger partial charge in [0.1, 0.15) is 5.75 Å².